The van der Waals surface area contributed by atoms with Crippen LogP contribution in [0.1, 0.15) is 27.7 Å². The molecule has 2 N–H and O–H groups in total. The molecule has 0 rings (SSSR count). The van der Waals surface area contributed by atoms with Crippen LogP contribution in [0.5, 0.6) is 0 Å². The van der Waals surface area contributed by atoms with Gasteiger partial charge in [-0.25, -0.2) is 5.14 Å². The minimum Gasteiger partial charge on any atom is -0.243 e. The summed E-state index contributed by atoms with van der Waals surface area (Å²) in [5.41, 5.74) is -1.28. The van der Waals surface area contributed by atoms with Crippen LogP contribution in [0.2, 0.25) is 0 Å². The first-order valence-corrected chi connectivity index (χ1v) is 9.02. The second-order valence-electron chi connectivity index (χ2n) is 4.07. The Morgan fingerprint density at radius 2 is 1.50 bits per heavy atom. The van der Waals surface area contributed by atoms with Crippen molar-refractivity contribution in [1.82, 2.24) is 0 Å². The molecular formula is C8H20NPS2+. The van der Waals surface area contributed by atoms with Gasteiger partial charge < -0.3 is 0 Å². The topological polar surface area (TPSA) is 26.0 Å². The number of hydrogen-bond donors (Lipinski definition) is 1. The van der Waals surface area contributed by atoms with E-state index in [9.17, 15) is 0 Å². The molecule has 0 saturated heterocycles. The summed E-state index contributed by atoms with van der Waals surface area (Å²) in [5, 5.41) is 5.67. The zero-order chi connectivity index (χ0) is 9.78. The summed E-state index contributed by atoms with van der Waals surface area (Å²) in [4.78, 5) is 0. The fraction of sp³-hybridized carbons (Fsp3) is 1.00. The van der Waals surface area contributed by atoms with Gasteiger partial charge in [-0.15, -0.1) is 0 Å². The van der Waals surface area contributed by atoms with Crippen LogP contribution in [-0.2, 0) is 0 Å². The molecule has 0 aromatic rings. The molecule has 0 amide bonds. The first-order valence-electron chi connectivity index (χ1n) is 4.36. The summed E-state index contributed by atoms with van der Waals surface area (Å²) in [5.74, 6) is 1.37. The molecule has 0 aliphatic rings. The summed E-state index contributed by atoms with van der Waals surface area (Å²) in [7, 11) is 0. The quantitative estimate of drug-likeness (QED) is 0.566. The Balaban J connectivity index is 4.04. The van der Waals surface area contributed by atoms with E-state index in [4.69, 9.17) is 17.4 Å². The van der Waals surface area contributed by atoms with Crippen LogP contribution in [-0.4, -0.2) is 12.3 Å². The lowest BCUT2D eigenvalue weighted by molar-refractivity contribution is 0.722. The molecule has 0 aliphatic carbocycles. The molecule has 0 fully saturated rings. The maximum Gasteiger partial charge on any atom is 0.166 e. The van der Waals surface area contributed by atoms with Crippen molar-refractivity contribution in [2.75, 3.05) is 12.3 Å². The molecule has 0 aliphatic heterocycles. The Labute approximate surface area is 86.6 Å². The van der Waals surface area contributed by atoms with Crippen molar-refractivity contribution in [3.8, 4) is 0 Å². The highest BCUT2D eigenvalue weighted by Gasteiger charge is 2.37. The van der Waals surface area contributed by atoms with E-state index in [1.165, 1.54) is 11.6 Å². The molecule has 12 heavy (non-hydrogen) atoms. The molecule has 0 aromatic heterocycles. The molecule has 0 bridgehead atoms. The molecule has 0 atom stereocenters. The van der Waals surface area contributed by atoms with Crippen LogP contribution >= 0.6 is 29.5 Å². The normalized spacial score (nSPS) is 13.0. The third-order valence-electron chi connectivity index (χ3n) is 1.48. The van der Waals surface area contributed by atoms with E-state index < -0.39 is 5.67 Å². The summed E-state index contributed by atoms with van der Waals surface area (Å²) in [6.45, 7) is 8.88. The predicted octanol–water partition coefficient (Wildman–Crippen LogP) is 3.95. The van der Waals surface area contributed by atoms with Gasteiger partial charge in [0.15, 0.2) is 5.67 Å². The molecule has 73 valence electrons. The average molecular weight is 225 g/mol. The van der Waals surface area contributed by atoms with Crippen molar-refractivity contribution in [2.24, 2.45) is 17.0 Å². The molecule has 0 unspecified atom stereocenters. The van der Waals surface area contributed by atoms with Crippen LogP contribution in [0.4, 0.5) is 0 Å². The molecule has 0 spiro atoms. The Bertz CT molecular complexity index is 118. The third kappa shape index (κ3) is 5.69. The van der Waals surface area contributed by atoms with Crippen molar-refractivity contribution in [2.45, 2.75) is 27.7 Å². The number of nitrogens with two attached hydrogens (primary N) is 1. The molecular weight excluding hydrogens is 205 g/mol. The summed E-state index contributed by atoms with van der Waals surface area (Å²) < 4.78 is 0. The SMILES string of the molecule is CC(C)C[P+]([S])(CC(C)C)SN. The third-order valence-corrected chi connectivity index (χ3v) is 8.15. The van der Waals surface area contributed by atoms with Gasteiger partial charge in [-0.1, -0.05) is 27.7 Å². The molecule has 0 aromatic carbocycles. The summed E-state index contributed by atoms with van der Waals surface area (Å²) in [6, 6.07) is 0. The largest absolute Gasteiger partial charge is 0.243 e. The van der Waals surface area contributed by atoms with Crippen molar-refractivity contribution in [3.05, 3.63) is 0 Å². The average Bonchev–Trinajstić information content (AvgIpc) is 1.83. The van der Waals surface area contributed by atoms with Gasteiger partial charge in [0.1, 0.15) is 23.8 Å². The number of hydrogen-bond acceptors (Lipinski definition) is 2. The monoisotopic (exact) mass is 225 g/mol. The van der Waals surface area contributed by atoms with E-state index in [0.29, 0.717) is 11.8 Å². The second kappa shape index (κ2) is 5.74. The lowest BCUT2D eigenvalue weighted by Gasteiger charge is -2.19. The maximum absolute atomic E-state index is 5.67. The lowest BCUT2D eigenvalue weighted by atomic mass is 10.3. The zero-order valence-corrected chi connectivity index (χ0v) is 10.9. The van der Waals surface area contributed by atoms with Gasteiger partial charge in [0.2, 0.25) is 0 Å². The van der Waals surface area contributed by atoms with E-state index in [2.05, 4.69) is 27.7 Å². The van der Waals surface area contributed by atoms with Gasteiger partial charge in [-0.3, -0.25) is 0 Å². The zero-order valence-electron chi connectivity index (χ0n) is 8.41. The predicted molar refractivity (Wildman–Crippen MR) is 65.7 cm³/mol. The fourth-order valence-corrected chi connectivity index (χ4v) is 7.91. The smallest absolute Gasteiger partial charge is 0.166 e. The molecule has 1 nitrogen and oxygen atoms in total. The van der Waals surface area contributed by atoms with Crippen LogP contribution in [0.3, 0.4) is 0 Å². The fourth-order valence-electron chi connectivity index (χ4n) is 1.27. The molecule has 0 heterocycles. The molecule has 1 radical (unpaired) electrons. The Morgan fingerprint density at radius 1 is 1.17 bits per heavy atom. The Hall–Kier alpha value is 1.09. The minimum atomic E-state index is -1.28. The molecule has 0 saturated carbocycles. The summed E-state index contributed by atoms with van der Waals surface area (Å²) >= 11 is 7.06. The van der Waals surface area contributed by atoms with Crippen molar-refractivity contribution < 1.29 is 0 Å². The number of rotatable bonds is 5. The second-order valence-corrected chi connectivity index (χ2v) is 12.2. The highest BCUT2D eigenvalue weighted by atomic mass is 33.1. The van der Waals surface area contributed by atoms with Crippen LogP contribution in [0, 0.1) is 11.8 Å². The first-order chi connectivity index (χ1) is 5.39. The van der Waals surface area contributed by atoms with E-state index in [-0.39, 0.29) is 0 Å². The van der Waals surface area contributed by atoms with Crippen molar-refractivity contribution in [3.63, 3.8) is 0 Å². The Kier molecular flexibility index (Phi) is 6.27. The van der Waals surface area contributed by atoms with Crippen LogP contribution < -0.4 is 5.14 Å². The van der Waals surface area contributed by atoms with Crippen molar-refractivity contribution >= 4 is 29.5 Å². The van der Waals surface area contributed by atoms with E-state index in [0.717, 1.165) is 12.3 Å². The highest BCUT2D eigenvalue weighted by Crippen LogP contribution is 2.73. The van der Waals surface area contributed by atoms with Gasteiger partial charge >= 0.3 is 0 Å². The minimum absolute atomic E-state index is 0.686. The maximum atomic E-state index is 5.67. The van der Waals surface area contributed by atoms with Gasteiger partial charge in [0.05, 0.1) is 12.3 Å². The van der Waals surface area contributed by atoms with Crippen molar-refractivity contribution in [1.29, 1.82) is 0 Å². The first kappa shape index (κ1) is 13.1. The standard InChI is InChI=1S/C8H20NPS2/c1-7(2)5-10(11,12-9)6-8(3)4/h7-8H,5-6,9H2,1-4H3/q+1. The molecule has 4 heteroatoms. The van der Waals surface area contributed by atoms with Crippen LogP contribution in [0.15, 0.2) is 0 Å². The van der Waals surface area contributed by atoms with Gasteiger partial charge in [0, 0.05) is 0 Å². The van der Waals surface area contributed by atoms with Gasteiger partial charge in [-0.05, 0) is 11.8 Å². The highest BCUT2D eigenvalue weighted by molar-refractivity contribution is 8.89. The van der Waals surface area contributed by atoms with Gasteiger partial charge in [0.25, 0.3) is 0 Å². The lowest BCUT2D eigenvalue weighted by Crippen LogP contribution is -2.07. The van der Waals surface area contributed by atoms with Crippen LogP contribution in [0.25, 0.3) is 0 Å². The van der Waals surface area contributed by atoms with E-state index >= 15 is 0 Å². The summed E-state index contributed by atoms with van der Waals surface area (Å²) in [6.07, 6.45) is 2.28. The van der Waals surface area contributed by atoms with Gasteiger partial charge in [-0.2, -0.15) is 0 Å². The Morgan fingerprint density at radius 3 is 1.67 bits per heavy atom. The van der Waals surface area contributed by atoms with E-state index in [1.807, 2.05) is 0 Å². The van der Waals surface area contributed by atoms with E-state index in [1.54, 1.807) is 0 Å².